The van der Waals surface area contributed by atoms with Crippen LogP contribution in [-0.2, 0) is 21.4 Å². The standard InChI is InChI=1S/C38H48N6O5S/c1-24-10-11-29(33(37(6,7)27(4)45)31-12-17-44-28(5)40-41-34(44)26(31)3)21-30(24)22-43-23-38(13-14-38)49-36-32(50(43,46)47)20-25(2)35(39-36)48-19-18-42-15-8-9-16-42/h10-12,17,20-21,33H,8-9,13-16,18-19,22-23H2,1-7H3/t33-/m0/s1. The topological polar surface area (TPSA) is 119 Å². The largest absolute Gasteiger partial charge is 0.476 e. The lowest BCUT2D eigenvalue weighted by Gasteiger charge is -2.34. The van der Waals surface area contributed by atoms with Crippen LogP contribution in [0.25, 0.3) is 5.65 Å². The highest BCUT2D eigenvalue weighted by molar-refractivity contribution is 7.89. The van der Waals surface area contributed by atoms with E-state index in [1.807, 2.05) is 58.2 Å². The fraction of sp³-hybridized carbons (Fsp3) is 0.526. The first-order valence-corrected chi connectivity index (χ1v) is 19.1. The van der Waals surface area contributed by atoms with Crippen LogP contribution in [0.15, 0.2) is 41.4 Å². The number of likely N-dealkylation sites (tertiary alicyclic amines) is 1. The highest BCUT2D eigenvalue weighted by Crippen LogP contribution is 2.48. The van der Waals surface area contributed by atoms with Gasteiger partial charge in [-0.2, -0.15) is 9.29 Å². The Morgan fingerprint density at radius 1 is 1.04 bits per heavy atom. The monoisotopic (exact) mass is 700 g/mol. The quantitative estimate of drug-likeness (QED) is 0.205. The maximum Gasteiger partial charge on any atom is 0.248 e. The van der Waals surface area contributed by atoms with Crippen LogP contribution >= 0.6 is 0 Å². The lowest BCUT2D eigenvalue weighted by molar-refractivity contribution is -0.125. The van der Waals surface area contributed by atoms with Gasteiger partial charge in [-0.15, -0.1) is 10.2 Å². The van der Waals surface area contributed by atoms with Crippen LogP contribution in [0.5, 0.6) is 11.8 Å². The maximum atomic E-state index is 14.5. The van der Waals surface area contributed by atoms with Crippen LogP contribution < -0.4 is 9.47 Å². The summed E-state index contributed by atoms with van der Waals surface area (Å²) in [6.45, 7) is 17.2. The molecule has 0 radical (unpaired) electrons. The van der Waals surface area contributed by atoms with E-state index in [0.29, 0.717) is 18.1 Å². The lowest BCUT2D eigenvalue weighted by atomic mass is 9.68. The van der Waals surface area contributed by atoms with Crippen molar-refractivity contribution in [2.24, 2.45) is 5.41 Å². The zero-order valence-electron chi connectivity index (χ0n) is 30.2. The van der Waals surface area contributed by atoms with Gasteiger partial charge in [-0.05, 0) is 113 Å². The minimum Gasteiger partial charge on any atom is -0.476 e. The van der Waals surface area contributed by atoms with E-state index in [-0.39, 0.29) is 35.6 Å². The summed E-state index contributed by atoms with van der Waals surface area (Å²) in [4.78, 5) is 20.3. The second-order valence-corrected chi connectivity index (χ2v) is 17.0. The molecule has 0 bridgehead atoms. The SMILES string of the molecule is CC(=O)C(C)(C)[C@@H](c1ccc(C)c(CN2CC3(CC3)Oc3nc(OCCN4CCCC4)c(C)cc3S2(=O)=O)c1)c1ccn2c(C)nnc2c1C. The fourth-order valence-corrected chi connectivity index (χ4v) is 9.13. The molecule has 1 spiro atoms. The minimum atomic E-state index is -3.98. The number of ether oxygens (including phenoxy) is 2. The molecule has 0 amide bonds. The number of carbonyl (C=O) groups excluding carboxylic acids is 1. The van der Waals surface area contributed by atoms with E-state index < -0.39 is 21.0 Å². The summed E-state index contributed by atoms with van der Waals surface area (Å²) in [7, 11) is -3.98. The Balaban J connectivity index is 1.23. The molecule has 1 saturated heterocycles. The van der Waals surface area contributed by atoms with Gasteiger partial charge in [0.1, 0.15) is 28.7 Å². The van der Waals surface area contributed by atoms with Crippen molar-refractivity contribution >= 4 is 21.5 Å². The maximum absolute atomic E-state index is 14.5. The summed E-state index contributed by atoms with van der Waals surface area (Å²) in [5.74, 6) is 1.08. The molecule has 2 aliphatic heterocycles. The third kappa shape index (κ3) is 6.19. The zero-order chi connectivity index (χ0) is 35.6. The number of hydrogen-bond donors (Lipinski definition) is 0. The number of aryl methyl sites for hydroxylation is 4. The van der Waals surface area contributed by atoms with Gasteiger partial charge in [0.2, 0.25) is 21.8 Å². The summed E-state index contributed by atoms with van der Waals surface area (Å²) in [6.07, 6.45) is 5.87. The Labute approximate surface area is 295 Å². The molecule has 2 fully saturated rings. The fourth-order valence-electron chi connectivity index (χ4n) is 7.51. The molecule has 1 aliphatic carbocycles. The Morgan fingerprint density at radius 2 is 1.78 bits per heavy atom. The molecule has 0 N–H and O–H groups in total. The zero-order valence-corrected chi connectivity index (χ0v) is 31.1. The van der Waals surface area contributed by atoms with Crippen molar-refractivity contribution in [1.29, 1.82) is 0 Å². The number of ketones is 1. The van der Waals surface area contributed by atoms with E-state index in [0.717, 1.165) is 71.8 Å². The van der Waals surface area contributed by atoms with Crippen LogP contribution in [0.3, 0.4) is 0 Å². The molecule has 1 aromatic carbocycles. The van der Waals surface area contributed by atoms with Gasteiger partial charge in [-0.25, -0.2) is 8.42 Å². The highest BCUT2D eigenvalue weighted by atomic mass is 32.2. The van der Waals surface area contributed by atoms with Crippen LogP contribution in [0, 0.1) is 33.1 Å². The van der Waals surface area contributed by atoms with E-state index in [2.05, 4.69) is 38.3 Å². The second kappa shape index (κ2) is 12.7. The average Bonchev–Trinajstić information content (AvgIpc) is 3.43. The average molecular weight is 701 g/mol. The summed E-state index contributed by atoms with van der Waals surface area (Å²) in [5, 5.41) is 8.69. The number of hydrogen-bond acceptors (Lipinski definition) is 9. The van der Waals surface area contributed by atoms with Gasteiger partial charge >= 0.3 is 0 Å². The molecule has 3 aromatic heterocycles. The molecule has 266 valence electrons. The first-order valence-electron chi connectivity index (χ1n) is 17.7. The van der Waals surface area contributed by atoms with Crippen molar-refractivity contribution in [2.45, 2.75) is 97.1 Å². The number of aromatic nitrogens is 4. The highest BCUT2D eigenvalue weighted by Gasteiger charge is 2.53. The van der Waals surface area contributed by atoms with Crippen LogP contribution in [-0.4, -0.2) is 81.4 Å². The van der Waals surface area contributed by atoms with Gasteiger partial charge in [0.15, 0.2) is 5.65 Å². The summed E-state index contributed by atoms with van der Waals surface area (Å²) >= 11 is 0. The van der Waals surface area contributed by atoms with E-state index in [4.69, 9.17) is 9.47 Å². The van der Waals surface area contributed by atoms with Crippen LogP contribution in [0.4, 0.5) is 0 Å². The van der Waals surface area contributed by atoms with Gasteiger partial charge in [0.05, 0.1) is 6.54 Å². The summed E-state index contributed by atoms with van der Waals surface area (Å²) in [6, 6.07) is 9.87. The third-order valence-corrected chi connectivity index (χ3v) is 13.0. The predicted octanol–water partition coefficient (Wildman–Crippen LogP) is 5.70. The van der Waals surface area contributed by atoms with E-state index in [1.165, 1.54) is 12.8 Å². The molecule has 0 unspecified atom stereocenters. The van der Waals surface area contributed by atoms with Gasteiger partial charge < -0.3 is 9.47 Å². The molecule has 50 heavy (non-hydrogen) atoms. The molecule has 3 aliphatic rings. The molecule has 12 heteroatoms. The number of nitrogens with zero attached hydrogens (tertiary/aromatic N) is 6. The smallest absolute Gasteiger partial charge is 0.248 e. The Hall–Kier alpha value is -3.87. The molecular formula is C38H48N6O5S. The number of rotatable bonds is 10. The van der Waals surface area contributed by atoms with E-state index in [9.17, 15) is 13.2 Å². The molecule has 4 aromatic rings. The second-order valence-electron chi connectivity index (χ2n) is 15.1. The molecular weight excluding hydrogens is 653 g/mol. The van der Waals surface area contributed by atoms with Crippen LogP contribution in [0.1, 0.15) is 91.6 Å². The molecule has 7 rings (SSSR count). The molecule has 5 heterocycles. The molecule has 11 nitrogen and oxygen atoms in total. The first kappa shape index (κ1) is 34.6. The Bertz CT molecular complexity index is 2080. The lowest BCUT2D eigenvalue weighted by Crippen LogP contribution is -2.38. The van der Waals surface area contributed by atoms with Gasteiger partial charge in [-0.3, -0.25) is 14.1 Å². The van der Waals surface area contributed by atoms with Crippen LogP contribution in [0.2, 0.25) is 0 Å². The summed E-state index contributed by atoms with van der Waals surface area (Å²) < 4.78 is 44.9. The Kier molecular flexibility index (Phi) is 8.79. The van der Waals surface area contributed by atoms with Crippen molar-refractivity contribution in [1.82, 2.24) is 28.8 Å². The molecule has 1 saturated carbocycles. The number of Topliss-reactive ketones (excluding diaryl/α,β-unsaturated/α-hetero) is 1. The Morgan fingerprint density at radius 3 is 2.48 bits per heavy atom. The number of pyridine rings is 2. The van der Waals surface area contributed by atoms with Gasteiger partial charge in [0.25, 0.3) is 0 Å². The van der Waals surface area contributed by atoms with Crippen molar-refractivity contribution in [3.8, 4) is 11.8 Å². The number of benzene rings is 1. The predicted molar refractivity (Wildman–Crippen MR) is 190 cm³/mol. The van der Waals surface area contributed by atoms with E-state index >= 15 is 0 Å². The minimum absolute atomic E-state index is 0.0586. The first-order chi connectivity index (χ1) is 23.7. The number of fused-ring (bicyclic) bond motifs is 2. The van der Waals surface area contributed by atoms with Crippen molar-refractivity contribution in [3.63, 3.8) is 0 Å². The number of sulfonamides is 1. The number of carbonyl (C=O) groups is 1. The molecule has 1 atom stereocenters. The van der Waals surface area contributed by atoms with Gasteiger partial charge in [0, 0.05) is 36.2 Å². The third-order valence-electron chi connectivity index (χ3n) is 11.2. The van der Waals surface area contributed by atoms with E-state index in [1.54, 1.807) is 17.3 Å². The normalized spacial score (nSPS) is 19.3. The van der Waals surface area contributed by atoms with Gasteiger partial charge in [-0.1, -0.05) is 32.0 Å². The van der Waals surface area contributed by atoms with Crippen molar-refractivity contribution < 1.29 is 22.7 Å². The van der Waals surface area contributed by atoms with Crippen molar-refractivity contribution in [3.05, 3.63) is 75.7 Å². The summed E-state index contributed by atoms with van der Waals surface area (Å²) in [5.41, 5.74) is 4.75. The van der Waals surface area contributed by atoms with Crippen molar-refractivity contribution in [2.75, 3.05) is 32.8 Å².